The lowest BCUT2D eigenvalue weighted by Crippen LogP contribution is -2.18. The van der Waals surface area contributed by atoms with E-state index in [9.17, 15) is 9.59 Å². The molecule has 24 heavy (non-hydrogen) atoms. The highest BCUT2D eigenvalue weighted by molar-refractivity contribution is 8.43. The summed E-state index contributed by atoms with van der Waals surface area (Å²) in [5.74, 6) is -0.276. The molecule has 2 heterocycles. The molecule has 0 bridgehead atoms. The number of carbonyl (C=O) groups is 2. The number of thioether (sulfide) groups is 1. The van der Waals surface area contributed by atoms with Gasteiger partial charge in [0.25, 0.3) is 5.91 Å². The summed E-state index contributed by atoms with van der Waals surface area (Å²) in [4.78, 5) is 30.0. The first kappa shape index (κ1) is 15.1. The van der Waals surface area contributed by atoms with E-state index in [0.717, 1.165) is 10.6 Å². The highest BCUT2D eigenvalue weighted by Gasteiger charge is 2.28. The molecule has 118 valence electrons. The molecule has 1 amide bonds. The van der Waals surface area contributed by atoms with E-state index in [1.807, 2.05) is 48.0 Å². The Morgan fingerprint density at radius 1 is 1.08 bits per heavy atom. The molecule has 6 heteroatoms. The summed E-state index contributed by atoms with van der Waals surface area (Å²) in [6.07, 6.45) is 1.48. The highest BCUT2D eigenvalue weighted by atomic mass is 32.2. The van der Waals surface area contributed by atoms with Crippen molar-refractivity contribution in [3.05, 3.63) is 71.3 Å². The minimum absolute atomic E-state index is 0.122. The van der Waals surface area contributed by atoms with E-state index in [1.54, 1.807) is 12.1 Å². The second-order valence-electron chi connectivity index (χ2n) is 5.12. The van der Waals surface area contributed by atoms with Crippen LogP contribution in [0.3, 0.4) is 0 Å². The maximum atomic E-state index is 12.3. The van der Waals surface area contributed by atoms with Crippen LogP contribution in [0.25, 0.3) is 0 Å². The number of amides is 1. The highest BCUT2D eigenvalue weighted by Crippen LogP contribution is 2.43. The zero-order chi connectivity index (χ0) is 16.5. The van der Waals surface area contributed by atoms with Crippen LogP contribution in [0.4, 0.5) is 5.69 Å². The Hall–Kier alpha value is -2.44. The van der Waals surface area contributed by atoms with Crippen LogP contribution in [0.1, 0.15) is 10.4 Å². The molecule has 0 saturated carbocycles. The summed E-state index contributed by atoms with van der Waals surface area (Å²) in [6, 6.07) is 16.8. The largest absolute Gasteiger partial charge is 0.315 e. The third kappa shape index (κ3) is 2.74. The van der Waals surface area contributed by atoms with Crippen molar-refractivity contribution < 1.29 is 9.59 Å². The number of ketones is 1. The third-order valence-electron chi connectivity index (χ3n) is 3.54. The number of para-hydroxylation sites is 1. The molecule has 1 N–H and O–H groups in total. The number of hydrogen-bond acceptors (Lipinski definition) is 4. The summed E-state index contributed by atoms with van der Waals surface area (Å²) in [5, 5.41) is 3.35. The predicted molar refractivity (Wildman–Crippen MR) is 100 cm³/mol. The van der Waals surface area contributed by atoms with Gasteiger partial charge in [0.2, 0.25) is 0 Å². The number of hydrogen-bond donors (Lipinski definition) is 1. The molecule has 1 fully saturated rings. The molecule has 4 nitrogen and oxygen atoms in total. The van der Waals surface area contributed by atoms with Crippen molar-refractivity contribution in [1.82, 2.24) is 5.32 Å². The Balaban J connectivity index is 1.65. The van der Waals surface area contributed by atoms with Crippen LogP contribution in [-0.4, -0.2) is 21.4 Å². The molecule has 1 unspecified atom stereocenters. The van der Waals surface area contributed by atoms with Gasteiger partial charge in [0.1, 0.15) is 4.20 Å². The fourth-order valence-corrected chi connectivity index (χ4v) is 5.54. The maximum Gasteiger partial charge on any atom is 0.269 e. The molecule has 0 spiro atoms. The zero-order valence-electron chi connectivity index (χ0n) is 12.4. The molecule has 4 rings (SSSR count). The van der Waals surface area contributed by atoms with Gasteiger partial charge >= 0.3 is 0 Å². The Morgan fingerprint density at radius 2 is 1.83 bits per heavy atom. The molecule has 1 saturated heterocycles. The van der Waals surface area contributed by atoms with Crippen molar-refractivity contribution >= 4 is 49.4 Å². The molecule has 2 aliphatic heterocycles. The number of rotatable bonds is 2. The number of nitrogens with zero attached hydrogens (tertiary/aromatic N) is 1. The second-order valence-corrected chi connectivity index (χ2v) is 8.17. The molecular formula is C18H12N2O2S2. The van der Waals surface area contributed by atoms with Crippen LogP contribution in [-0.2, 0) is 4.79 Å². The smallest absolute Gasteiger partial charge is 0.269 e. The van der Waals surface area contributed by atoms with Crippen LogP contribution in [0.5, 0.6) is 0 Å². The quantitative estimate of drug-likeness (QED) is 0.509. The van der Waals surface area contributed by atoms with E-state index in [2.05, 4.69) is 10.3 Å². The maximum absolute atomic E-state index is 12.3. The van der Waals surface area contributed by atoms with Gasteiger partial charge in [-0.15, -0.1) is 0 Å². The molecule has 0 aliphatic carbocycles. The van der Waals surface area contributed by atoms with Gasteiger partial charge in [0.05, 0.1) is 16.3 Å². The minimum Gasteiger partial charge on any atom is -0.315 e. The van der Waals surface area contributed by atoms with Gasteiger partial charge in [-0.25, -0.2) is 4.99 Å². The average molecular weight is 352 g/mol. The van der Waals surface area contributed by atoms with Crippen molar-refractivity contribution in [3.63, 3.8) is 0 Å². The normalized spacial score (nSPS) is 21.8. The Kier molecular flexibility index (Phi) is 3.92. The molecular weight excluding hydrogens is 340 g/mol. The molecule has 2 aliphatic rings. The van der Waals surface area contributed by atoms with Gasteiger partial charge in [-0.2, -0.15) is 0 Å². The fourth-order valence-electron chi connectivity index (χ4n) is 2.41. The van der Waals surface area contributed by atoms with Crippen molar-refractivity contribution in [2.24, 2.45) is 4.99 Å². The summed E-state index contributed by atoms with van der Waals surface area (Å²) in [6.45, 7) is 0. The Bertz CT molecular complexity index is 947. The van der Waals surface area contributed by atoms with Gasteiger partial charge in [-0.05, 0) is 12.1 Å². The van der Waals surface area contributed by atoms with Crippen molar-refractivity contribution in [1.29, 1.82) is 0 Å². The van der Waals surface area contributed by atoms with E-state index < -0.39 is 10.5 Å². The topological polar surface area (TPSA) is 58.5 Å². The van der Waals surface area contributed by atoms with E-state index >= 15 is 0 Å². The number of benzene rings is 2. The third-order valence-corrected chi connectivity index (χ3v) is 6.86. The van der Waals surface area contributed by atoms with Crippen LogP contribution in [0.2, 0.25) is 0 Å². The monoisotopic (exact) mass is 352 g/mol. The fraction of sp³-hybridized carbons (Fsp3) is 0. The molecule has 2 aromatic rings. The van der Waals surface area contributed by atoms with Crippen LogP contribution < -0.4 is 5.32 Å². The Labute approximate surface area is 145 Å². The van der Waals surface area contributed by atoms with E-state index in [0.29, 0.717) is 14.8 Å². The first-order chi connectivity index (χ1) is 11.7. The second kappa shape index (κ2) is 6.22. The SMILES string of the molecule is O=C1NC(=CC(=O)c2ccccc2)SC1=S1C=Nc2ccccc21. The molecule has 0 radical (unpaired) electrons. The average Bonchev–Trinajstić information content (AvgIpc) is 3.18. The first-order valence-corrected chi connectivity index (χ1v) is 9.36. The standard InChI is InChI=1S/C18H12N2O2S2/c21-14(12-6-2-1-3-7-12)10-16-20-17(22)18(23-16)24-11-19-13-8-4-5-9-15(13)24/h1-11H,(H,20,22). The Morgan fingerprint density at radius 3 is 2.67 bits per heavy atom. The van der Waals surface area contributed by atoms with Crippen molar-refractivity contribution in [2.75, 3.05) is 0 Å². The summed E-state index contributed by atoms with van der Waals surface area (Å²) in [7, 11) is -0.464. The summed E-state index contributed by atoms with van der Waals surface area (Å²) < 4.78 is 0.677. The van der Waals surface area contributed by atoms with E-state index in [4.69, 9.17) is 0 Å². The molecule has 1 atom stereocenters. The minimum atomic E-state index is -0.464. The summed E-state index contributed by atoms with van der Waals surface area (Å²) in [5.41, 5.74) is 3.32. The van der Waals surface area contributed by atoms with E-state index in [-0.39, 0.29) is 11.7 Å². The predicted octanol–water partition coefficient (Wildman–Crippen LogP) is 3.71. The van der Waals surface area contributed by atoms with Crippen LogP contribution in [0.15, 0.2) is 75.6 Å². The van der Waals surface area contributed by atoms with Gasteiger partial charge in [0.15, 0.2) is 5.78 Å². The first-order valence-electron chi connectivity index (χ1n) is 7.26. The number of aliphatic imine (C=N–C) groups is 1. The summed E-state index contributed by atoms with van der Waals surface area (Å²) >= 11 is 1.32. The lowest BCUT2D eigenvalue weighted by molar-refractivity contribution is -0.113. The zero-order valence-corrected chi connectivity index (χ0v) is 14.1. The molecule has 2 aromatic carbocycles. The lowest BCUT2D eigenvalue weighted by Gasteiger charge is -2.01. The number of nitrogens with one attached hydrogen (secondary N) is 1. The van der Waals surface area contributed by atoms with Crippen molar-refractivity contribution in [2.45, 2.75) is 4.90 Å². The number of allylic oxidation sites excluding steroid dienone is 1. The molecule has 0 aromatic heterocycles. The van der Waals surface area contributed by atoms with Gasteiger partial charge in [0, 0.05) is 16.5 Å². The van der Waals surface area contributed by atoms with Crippen LogP contribution >= 0.6 is 22.2 Å². The van der Waals surface area contributed by atoms with Gasteiger partial charge in [-0.1, -0.05) is 64.7 Å². The van der Waals surface area contributed by atoms with Crippen molar-refractivity contribution in [3.8, 4) is 0 Å². The number of carbonyl (C=O) groups excluding carboxylic acids is 2. The van der Waals surface area contributed by atoms with Gasteiger partial charge < -0.3 is 5.32 Å². The van der Waals surface area contributed by atoms with Gasteiger partial charge in [-0.3, -0.25) is 9.59 Å². The van der Waals surface area contributed by atoms with E-state index in [1.165, 1.54) is 17.8 Å². The lowest BCUT2D eigenvalue weighted by atomic mass is 10.1. The van der Waals surface area contributed by atoms with Crippen LogP contribution in [0, 0.1) is 0 Å². The number of fused-ring (bicyclic) bond motifs is 1.